The minimum absolute atomic E-state index is 0.276. The van der Waals surface area contributed by atoms with Crippen LogP contribution >= 0.6 is 0 Å². The Bertz CT molecular complexity index is 875. The highest BCUT2D eigenvalue weighted by molar-refractivity contribution is 5.88. The number of halogens is 17. The molecule has 4 nitrogen and oxygen atoms in total. The van der Waals surface area contributed by atoms with Gasteiger partial charge in [-0.25, -0.2) is 4.79 Å². The van der Waals surface area contributed by atoms with Crippen molar-refractivity contribution in [1.29, 1.82) is 0 Å². The molecule has 0 fully saturated rings. The van der Waals surface area contributed by atoms with Gasteiger partial charge in [0.15, 0.2) is 0 Å². The van der Waals surface area contributed by atoms with Crippen LogP contribution in [0.1, 0.15) is 19.8 Å². The summed E-state index contributed by atoms with van der Waals surface area (Å²) in [5, 5.41) is 0. The van der Waals surface area contributed by atoms with Crippen molar-refractivity contribution in [2.24, 2.45) is 0 Å². The first-order valence-electron chi connectivity index (χ1n) is 8.79. The molecule has 0 aliphatic carbocycles. The number of hydrogen-bond acceptors (Lipinski definition) is 4. The molecule has 0 aromatic carbocycles. The third-order valence-corrected chi connectivity index (χ3v) is 4.14. The van der Waals surface area contributed by atoms with Crippen LogP contribution in [0.15, 0.2) is 12.2 Å². The van der Waals surface area contributed by atoms with E-state index < -0.39 is 78.2 Å². The summed E-state index contributed by atoms with van der Waals surface area (Å²) in [7, 11) is 0. The molecule has 0 unspecified atom stereocenters. The summed E-state index contributed by atoms with van der Waals surface area (Å²) in [4.78, 5) is 22.4. The molecule has 0 rings (SSSR count). The zero-order valence-electron chi connectivity index (χ0n) is 17.4. The van der Waals surface area contributed by atoms with Gasteiger partial charge in [0.1, 0.15) is 0 Å². The molecule has 0 saturated heterocycles. The van der Waals surface area contributed by atoms with E-state index in [1.165, 1.54) is 6.92 Å². The van der Waals surface area contributed by atoms with Crippen LogP contribution < -0.4 is 0 Å². The molecule has 0 bridgehead atoms. The lowest BCUT2D eigenvalue weighted by Crippen LogP contribution is -2.74. The molecule has 0 atom stereocenters. The smallest absolute Gasteiger partial charge is 0.466 e. The second-order valence-corrected chi connectivity index (χ2v) is 6.76. The summed E-state index contributed by atoms with van der Waals surface area (Å²) >= 11 is 0. The molecule has 0 heterocycles. The van der Waals surface area contributed by atoms with Crippen molar-refractivity contribution in [3.05, 3.63) is 12.2 Å². The first-order valence-corrected chi connectivity index (χ1v) is 8.79. The largest absolute Gasteiger partial charge is 0.473 e. The van der Waals surface area contributed by atoms with Crippen LogP contribution in [0.2, 0.25) is 0 Å². The molecule has 0 aliphatic heterocycles. The lowest BCUT2D eigenvalue weighted by Gasteiger charge is -2.42. The monoisotopic (exact) mass is 590 g/mol. The molecule has 0 amide bonds. The van der Waals surface area contributed by atoms with E-state index in [-0.39, 0.29) is 6.61 Å². The predicted octanol–water partition coefficient (Wildman–Crippen LogP) is 6.40. The lowest BCUT2D eigenvalue weighted by molar-refractivity contribution is -0.473. The zero-order valence-corrected chi connectivity index (χ0v) is 17.4. The highest BCUT2D eigenvalue weighted by Gasteiger charge is 2.95. The van der Waals surface area contributed by atoms with Gasteiger partial charge in [-0.1, -0.05) is 6.58 Å². The predicted molar refractivity (Wildman–Crippen MR) is 81.8 cm³/mol. The number of rotatable bonds is 12. The van der Waals surface area contributed by atoms with Crippen LogP contribution in [0.4, 0.5) is 74.6 Å². The molecule has 218 valence electrons. The van der Waals surface area contributed by atoms with Crippen molar-refractivity contribution >= 4 is 11.9 Å². The van der Waals surface area contributed by atoms with Crippen molar-refractivity contribution in [2.45, 2.75) is 67.6 Å². The van der Waals surface area contributed by atoms with E-state index >= 15 is 0 Å². The van der Waals surface area contributed by atoms with Crippen LogP contribution in [0, 0.1) is 0 Å². The van der Waals surface area contributed by atoms with Gasteiger partial charge < -0.3 is 9.47 Å². The Morgan fingerprint density at radius 1 is 0.595 bits per heavy atom. The van der Waals surface area contributed by atoms with E-state index in [4.69, 9.17) is 0 Å². The third kappa shape index (κ3) is 5.53. The van der Waals surface area contributed by atoms with Gasteiger partial charge in [0.2, 0.25) is 0 Å². The fourth-order valence-corrected chi connectivity index (χ4v) is 1.99. The molecular weight excluding hydrogens is 579 g/mol. The topological polar surface area (TPSA) is 52.6 Å². The second kappa shape index (κ2) is 9.99. The normalized spacial score (nSPS) is 14.9. The van der Waals surface area contributed by atoms with E-state index in [0.717, 1.165) is 0 Å². The lowest BCUT2D eigenvalue weighted by atomic mass is 9.90. The second-order valence-electron chi connectivity index (χ2n) is 6.76. The molecule has 0 aromatic heterocycles. The third-order valence-electron chi connectivity index (χ3n) is 4.14. The van der Waals surface area contributed by atoms with Crippen molar-refractivity contribution < 1.29 is 93.7 Å². The number of carbonyl (C=O) groups excluding carboxylic acids is 2. The maximum absolute atomic E-state index is 13.6. The molecule has 0 aliphatic rings. The molecule has 0 N–H and O–H groups in total. The Morgan fingerprint density at radius 2 is 0.946 bits per heavy atom. The number of alkyl halides is 17. The minimum atomic E-state index is -8.80. The molecular formula is C16H11F17O4. The SMILES string of the molecule is C=C(CCC(=O)OCC)C(=O)OC(F)(F)C(F)(F)C(F)(F)C(F)(F)C(F)(F)C(F)(F)C(F)(F)C(F)(F)F. The first kappa shape index (κ1) is 34.5. The maximum Gasteiger partial charge on any atom is 0.473 e. The molecule has 37 heavy (non-hydrogen) atoms. The standard InChI is InChI=1S/C16H11F17O4/c1-3-36-7(34)5-4-6(2)8(35)37-16(32,33)14(27,28)12(23,24)10(19,20)9(17,18)11(21,22)13(25,26)15(29,30)31/h2-5H2,1H3. The molecule has 0 spiro atoms. The van der Waals surface area contributed by atoms with E-state index in [1.54, 1.807) is 0 Å². The van der Waals surface area contributed by atoms with Gasteiger partial charge in [0.05, 0.1) is 6.61 Å². The molecule has 0 aromatic rings. The van der Waals surface area contributed by atoms with E-state index in [9.17, 15) is 84.2 Å². The van der Waals surface area contributed by atoms with Gasteiger partial charge in [-0.15, -0.1) is 0 Å². The van der Waals surface area contributed by atoms with Crippen molar-refractivity contribution in [2.75, 3.05) is 6.61 Å². The summed E-state index contributed by atoms with van der Waals surface area (Å²) in [6, 6.07) is 0. The molecule has 0 radical (unpaired) electrons. The van der Waals surface area contributed by atoms with Crippen LogP contribution in [-0.2, 0) is 19.1 Å². The van der Waals surface area contributed by atoms with Gasteiger partial charge in [0.25, 0.3) is 0 Å². The summed E-state index contributed by atoms with van der Waals surface area (Å²) in [5.74, 6) is -55.3. The number of ether oxygens (including phenoxy) is 2. The average Bonchev–Trinajstić information content (AvgIpc) is 2.69. The Morgan fingerprint density at radius 3 is 1.30 bits per heavy atom. The Balaban J connectivity index is 6.31. The number of hydrogen-bond donors (Lipinski definition) is 0. The fraction of sp³-hybridized carbons (Fsp3) is 0.750. The number of esters is 2. The summed E-state index contributed by atoms with van der Waals surface area (Å²) < 4.78 is 230. The molecule has 21 heteroatoms. The highest BCUT2D eigenvalue weighted by Crippen LogP contribution is 2.64. The van der Waals surface area contributed by atoms with Crippen LogP contribution in [0.3, 0.4) is 0 Å². The Hall–Kier alpha value is -2.51. The Kier molecular flexibility index (Phi) is 9.31. The Labute approximate surface area is 193 Å². The average molecular weight is 590 g/mol. The van der Waals surface area contributed by atoms with Gasteiger partial charge in [-0.2, -0.15) is 74.6 Å². The zero-order chi connectivity index (χ0) is 30.3. The van der Waals surface area contributed by atoms with Gasteiger partial charge in [-0.3, -0.25) is 4.79 Å². The quantitative estimate of drug-likeness (QED) is 0.150. The summed E-state index contributed by atoms with van der Waals surface area (Å²) in [5.41, 5.74) is -1.44. The van der Waals surface area contributed by atoms with Gasteiger partial charge >= 0.3 is 59.8 Å². The van der Waals surface area contributed by atoms with E-state index in [0.29, 0.717) is 0 Å². The minimum Gasteiger partial charge on any atom is -0.466 e. The van der Waals surface area contributed by atoms with Gasteiger partial charge in [0, 0.05) is 12.0 Å². The van der Waals surface area contributed by atoms with Crippen molar-refractivity contribution in [3.8, 4) is 0 Å². The summed E-state index contributed by atoms with van der Waals surface area (Å²) in [6.45, 7) is 3.56. The van der Waals surface area contributed by atoms with Crippen molar-refractivity contribution in [1.82, 2.24) is 0 Å². The van der Waals surface area contributed by atoms with Gasteiger partial charge in [-0.05, 0) is 13.3 Å². The number of carbonyl (C=O) groups is 2. The van der Waals surface area contributed by atoms with Crippen LogP contribution in [0.5, 0.6) is 0 Å². The van der Waals surface area contributed by atoms with Crippen LogP contribution in [0.25, 0.3) is 0 Å². The highest BCUT2D eigenvalue weighted by atomic mass is 19.4. The molecule has 0 saturated carbocycles. The summed E-state index contributed by atoms with van der Waals surface area (Å²) in [6.07, 6.45) is -17.2. The first-order chi connectivity index (χ1) is 16.0. The maximum atomic E-state index is 13.6. The van der Waals surface area contributed by atoms with Crippen molar-refractivity contribution in [3.63, 3.8) is 0 Å². The van der Waals surface area contributed by atoms with Crippen LogP contribution in [-0.4, -0.2) is 66.4 Å². The van der Waals surface area contributed by atoms with E-state index in [1.807, 2.05) is 0 Å². The fourth-order valence-electron chi connectivity index (χ4n) is 1.99. The van der Waals surface area contributed by atoms with E-state index in [2.05, 4.69) is 16.1 Å².